The minimum absolute atomic E-state index is 0. The van der Waals surface area contributed by atoms with Crippen LogP contribution < -0.4 is 9.47 Å². The van der Waals surface area contributed by atoms with Crippen molar-refractivity contribution in [3.63, 3.8) is 0 Å². The summed E-state index contributed by atoms with van der Waals surface area (Å²) >= 11 is 5.95. The maximum atomic E-state index is 15.0. The van der Waals surface area contributed by atoms with E-state index in [9.17, 15) is 18.3 Å². The third-order valence-electron chi connectivity index (χ3n) is 9.80. The Morgan fingerprint density at radius 3 is 1.42 bits per heavy atom. The van der Waals surface area contributed by atoms with Gasteiger partial charge in [0, 0.05) is 65.2 Å². The lowest BCUT2D eigenvalue weighted by Gasteiger charge is -2.26. The van der Waals surface area contributed by atoms with Gasteiger partial charge in [-0.2, -0.15) is 0 Å². The van der Waals surface area contributed by atoms with Crippen molar-refractivity contribution in [1.29, 1.82) is 0 Å². The van der Waals surface area contributed by atoms with Gasteiger partial charge in [-0.05, 0) is 131 Å². The van der Waals surface area contributed by atoms with E-state index < -0.39 is 23.3 Å². The summed E-state index contributed by atoms with van der Waals surface area (Å²) in [5, 5.41) is 9.48. The van der Waals surface area contributed by atoms with Gasteiger partial charge in [0.2, 0.25) is 0 Å². The maximum Gasteiger partial charge on any atom is 0.132 e. The van der Waals surface area contributed by atoms with E-state index in [0.29, 0.717) is 33.8 Å². The van der Waals surface area contributed by atoms with Gasteiger partial charge in [0.1, 0.15) is 34.8 Å². The second-order valence-corrected chi connectivity index (χ2v) is 14.3. The molecule has 3 nitrogen and oxygen atoms in total. The summed E-state index contributed by atoms with van der Waals surface area (Å²) in [6.45, 7) is 8.19. The van der Waals surface area contributed by atoms with E-state index in [1.54, 1.807) is 12.1 Å². The largest absolute Gasteiger partial charge is 0.497 e. The van der Waals surface area contributed by atoms with E-state index >= 15 is 4.39 Å². The van der Waals surface area contributed by atoms with Crippen molar-refractivity contribution >= 4 is 22.7 Å². The molecule has 0 saturated heterocycles. The maximum absolute atomic E-state index is 15.0. The molecule has 1 N–H and O–H groups in total. The summed E-state index contributed by atoms with van der Waals surface area (Å²) in [4.78, 5) is 0. The first-order chi connectivity index (χ1) is 35.7. The molecule has 4 aromatic rings. The van der Waals surface area contributed by atoms with Crippen LogP contribution in [0, 0.1) is 34.1 Å². The number of alkyl halides is 1. The molecule has 4 aromatic carbocycles. The van der Waals surface area contributed by atoms with Gasteiger partial charge in [0.05, 0.1) is 20.8 Å². The van der Waals surface area contributed by atoms with Crippen LogP contribution in [0.5, 0.6) is 11.5 Å². The quantitative estimate of drug-likeness (QED) is 0.143. The SMILES string of the molecule is COc1ccc(F)c(-c2c(F)cc(CCl)cc2C2=CCCC2(C)C)c1.COc1ccc(F)c(-c2c(F)cc(CO)cc2C2=CCCC2(C)C)c1.[3HH].[3H][3H].[3H][3H].[3H][3H].[3H][3H].[3H][3H].[3H][3H].[3H][3H].[3H][3H].[3H][3H].[3H][3H].[3H][3H].[3H][3H]. The highest BCUT2D eigenvalue weighted by atomic mass is 35.5. The molecule has 0 fully saturated rings. The van der Waals surface area contributed by atoms with E-state index in [1.165, 1.54) is 56.7 Å². The lowest BCUT2D eigenvalue weighted by Crippen LogP contribution is -2.11. The van der Waals surface area contributed by atoms with Gasteiger partial charge in [-0.3, -0.25) is 0 Å². The van der Waals surface area contributed by atoms with E-state index in [0.717, 1.165) is 36.8 Å². The zero-order chi connectivity index (χ0) is 60.4. The zero-order valence-corrected chi connectivity index (χ0v) is 30.1. The van der Waals surface area contributed by atoms with E-state index in [4.69, 9.17) is 56.7 Å². The number of rotatable bonds is 8. The van der Waals surface area contributed by atoms with Crippen molar-refractivity contribution < 1.29 is 69.2 Å². The fourth-order valence-electron chi connectivity index (χ4n) is 7.04. The molecular formula is C42H69ClF4O3. The highest BCUT2D eigenvalue weighted by Crippen LogP contribution is 2.49. The van der Waals surface area contributed by atoms with Gasteiger partial charge in [0.25, 0.3) is 0 Å². The molecule has 0 atom stereocenters. The summed E-state index contributed by atoms with van der Waals surface area (Å²) in [6, 6.07) is 15.0. The van der Waals surface area contributed by atoms with Crippen molar-refractivity contribution in [3.05, 3.63) is 118 Å². The summed E-state index contributed by atoms with van der Waals surface area (Å²) in [5.74, 6) is -0.833. The number of halogens is 5. The van der Waals surface area contributed by atoms with Crippen molar-refractivity contribution in [2.45, 2.75) is 65.9 Å². The molecule has 0 heterocycles. The van der Waals surface area contributed by atoms with Gasteiger partial charge < -0.3 is 14.6 Å². The Kier molecular flexibility index (Phi) is 7.27. The number of benzene rings is 4. The molecule has 0 spiro atoms. The van der Waals surface area contributed by atoms with E-state index in [-0.39, 0.29) is 47.0 Å². The number of hydrogen-bond acceptors (Lipinski definition) is 3. The molecule has 0 unspecified atom stereocenters. The summed E-state index contributed by atoms with van der Waals surface area (Å²) in [7, 11) is 3.00. The van der Waals surface area contributed by atoms with Gasteiger partial charge >= 0.3 is 0 Å². The number of ether oxygens (including phenoxy) is 2. The Balaban J connectivity index is -0.000000117. The van der Waals surface area contributed by atoms with Crippen LogP contribution in [-0.2, 0) is 12.5 Å². The third kappa shape index (κ3) is 7.50. The molecule has 290 valence electrons. The molecule has 8 heteroatoms. The Labute approximate surface area is 335 Å². The fraction of sp³-hybridized carbons (Fsp3) is 0.333. The van der Waals surface area contributed by atoms with Crippen LogP contribution in [0.25, 0.3) is 33.4 Å². The number of aliphatic hydroxyl groups excluding tert-OH is 1. The first kappa shape index (κ1) is 24.2. The molecule has 0 radical (unpaired) electrons. The van der Waals surface area contributed by atoms with Crippen molar-refractivity contribution in [1.82, 2.24) is 0 Å². The smallest absolute Gasteiger partial charge is 0.132 e. The first-order valence-electron chi connectivity index (χ1n) is 28.7. The van der Waals surface area contributed by atoms with E-state index in [1.807, 2.05) is 6.07 Å². The van der Waals surface area contributed by atoms with Gasteiger partial charge in [-0.1, -0.05) is 39.8 Å². The summed E-state index contributed by atoms with van der Waals surface area (Å²) in [6.07, 6.45) is 7.96. The molecular weight excluding hydrogens is 664 g/mol. The molecule has 2 aliphatic rings. The molecule has 0 amide bonds. The number of hydrogen-bond donors (Lipinski definition) is 1. The highest BCUT2D eigenvalue weighted by molar-refractivity contribution is 6.17. The van der Waals surface area contributed by atoms with Crippen molar-refractivity contribution in [3.8, 4) is 33.8 Å². The highest BCUT2D eigenvalue weighted by Gasteiger charge is 2.33. The Bertz CT molecular complexity index is 1890. The minimum atomic E-state index is -0.544. The fourth-order valence-corrected chi connectivity index (χ4v) is 7.19. The number of aliphatic hydroxyl groups is 1. The van der Waals surface area contributed by atoms with E-state index in [2.05, 4.69) is 39.8 Å². The van der Waals surface area contributed by atoms with Crippen LogP contribution in [0.15, 0.2) is 72.8 Å². The van der Waals surface area contributed by atoms with Crippen molar-refractivity contribution in [2.24, 2.45) is 10.8 Å². The lowest BCUT2D eigenvalue weighted by atomic mass is 9.79. The molecule has 0 bridgehead atoms. The molecule has 50 heavy (non-hydrogen) atoms. The monoisotopic (exact) mass is 783 g/mol. The molecule has 2 aliphatic carbocycles. The Morgan fingerprint density at radius 1 is 0.640 bits per heavy atom. The van der Waals surface area contributed by atoms with Crippen LogP contribution >= 0.6 is 11.6 Å². The molecule has 0 aromatic heterocycles. The van der Waals surface area contributed by atoms with Gasteiger partial charge in [0.15, 0.2) is 0 Å². The lowest BCUT2D eigenvalue weighted by molar-refractivity contribution is 0.281. The van der Waals surface area contributed by atoms with Crippen LogP contribution in [0.1, 0.15) is 113 Å². The second-order valence-electron chi connectivity index (χ2n) is 14.1. The van der Waals surface area contributed by atoms with Crippen LogP contribution in [-0.4, -0.2) is 19.3 Å². The molecule has 0 saturated carbocycles. The number of allylic oxidation sites excluding steroid dienone is 4. The normalized spacial score (nSPS) is 17.9. The number of methoxy groups -OCH3 is 2. The van der Waals surface area contributed by atoms with Gasteiger partial charge in [-0.15, -0.1) is 11.6 Å². The average molecular weight is 784 g/mol. The minimum Gasteiger partial charge on any atom is -0.497 e. The predicted molar refractivity (Wildman–Crippen MR) is 222 cm³/mol. The Hall–Kier alpha value is -4.07. The summed E-state index contributed by atoms with van der Waals surface area (Å²) in [5.41, 5.74) is 5.16. The zero-order valence-electron chi connectivity index (χ0n) is 53.3. The van der Waals surface area contributed by atoms with Gasteiger partial charge in [-0.25, -0.2) is 17.6 Å². The van der Waals surface area contributed by atoms with Crippen molar-refractivity contribution in [2.75, 3.05) is 14.2 Å². The van der Waals surface area contributed by atoms with Crippen LogP contribution in [0.3, 0.4) is 0 Å². The standard InChI is InChI=1S/C21H21ClF2O.C21H22F2O2.13H2/c1-21(2)8-4-5-17(21)15-9-13(12-22)10-19(24)20(15)16-11-14(25-3)6-7-18(16)23;1-21(2)8-4-5-17(21)15-9-13(12-24)10-19(23)20(15)16-11-14(25-3)6-7-18(16)22;;;;;;;;;;;;;/h5-7,9-11H,4,8,12H2,1-3H3;5-7,9-11,24H,4,8,12H2,1-3H3;13*1H/i;;12*1+2T;1+2. The molecule has 6 rings (SSSR count). The average Bonchev–Trinajstić information content (AvgIpc) is 4.03. The second kappa shape index (κ2) is 15.0. The third-order valence-corrected chi connectivity index (χ3v) is 10.1. The topological polar surface area (TPSA) is 38.7 Å². The predicted octanol–water partition coefficient (Wildman–Crippen LogP) is 15.1. The summed E-state index contributed by atoms with van der Waals surface area (Å²) < 4.78 is 189. The van der Waals surface area contributed by atoms with Crippen LogP contribution in [0.4, 0.5) is 17.6 Å². The first-order valence-corrected chi connectivity index (χ1v) is 17.2. The Morgan fingerprint density at radius 2 is 1.06 bits per heavy atom. The van der Waals surface area contributed by atoms with Crippen LogP contribution in [0.2, 0.25) is 0 Å². The molecule has 0 aliphatic heterocycles.